The maximum Gasteiger partial charge on any atom is 0.245 e. The highest BCUT2D eigenvalue weighted by atomic mass is 28.4. The van der Waals surface area contributed by atoms with Gasteiger partial charge in [0.1, 0.15) is 11.5 Å². The third kappa shape index (κ3) is 7.01. The summed E-state index contributed by atoms with van der Waals surface area (Å²) in [7, 11) is -4.65. The summed E-state index contributed by atoms with van der Waals surface area (Å²) in [5.41, 5.74) is 2.00. The maximum atomic E-state index is 10.3. The second-order valence-electron chi connectivity index (χ2n) is 10.4. The van der Waals surface area contributed by atoms with E-state index in [1.807, 2.05) is 36.4 Å². The highest BCUT2D eigenvalue weighted by Gasteiger charge is 2.43. The van der Waals surface area contributed by atoms with Gasteiger partial charge in [0.05, 0.1) is 0 Å². The second-order valence-corrected chi connectivity index (χ2v) is 18.5. The van der Waals surface area contributed by atoms with Crippen LogP contribution in [0.2, 0.25) is 25.2 Å². The zero-order chi connectivity index (χ0) is 26.1. The van der Waals surface area contributed by atoms with Crippen molar-refractivity contribution >= 4 is 27.0 Å². The van der Waals surface area contributed by atoms with Crippen molar-refractivity contribution in [3.8, 4) is 11.5 Å². The molecule has 0 spiro atoms. The van der Waals surface area contributed by atoms with Crippen molar-refractivity contribution in [1.29, 1.82) is 0 Å². The third-order valence-electron chi connectivity index (χ3n) is 7.11. The molecular weight excluding hydrogens is 489 g/mol. The molecule has 0 aliphatic heterocycles. The number of hydrogen-bond donors (Lipinski definition) is 2. The number of aromatic hydroxyl groups is 2. The van der Waals surface area contributed by atoms with Gasteiger partial charge in [0.25, 0.3) is 0 Å². The Labute approximate surface area is 223 Å². The molecule has 5 heteroatoms. The lowest BCUT2D eigenvalue weighted by molar-refractivity contribution is 0.467. The van der Waals surface area contributed by atoms with Crippen molar-refractivity contribution in [3.05, 3.63) is 120 Å². The van der Waals surface area contributed by atoms with E-state index in [9.17, 15) is 10.2 Å². The van der Waals surface area contributed by atoms with Crippen molar-refractivity contribution in [1.82, 2.24) is 0 Å². The Hall–Kier alpha value is -3.13. The van der Waals surface area contributed by atoms with Gasteiger partial charge in [-0.05, 0) is 84.5 Å². The molecule has 0 amide bonds. The van der Waals surface area contributed by atoms with E-state index in [0.717, 1.165) is 48.9 Å². The fraction of sp³-hybridized carbons (Fsp3) is 0.250. The van der Waals surface area contributed by atoms with Crippen molar-refractivity contribution in [3.63, 3.8) is 0 Å². The molecule has 0 unspecified atom stereocenters. The van der Waals surface area contributed by atoms with Crippen LogP contribution in [0, 0.1) is 0 Å². The van der Waals surface area contributed by atoms with Crippen molar-refractivity contribution in [2.45, 2.75) is 50.9 Å². The van der Waals surface area contributed by atoms with Crippen LogP contribution < -0.4 is 10.4 Å². The van der Waals surface area contributed by atoms with Crippen LogP contribution in [0.25, 0.3) is 0 Å². The Morgan fingerprint density at radius 3 is 1.41 bits per heavy atom. The van der Waals surface area contributed by atoms with E-state index in [4.69, 9.17) is 4.12 Å². The lowest BCUT2D eigenvalue weighted by atomic mass is 10.1. The summed E-state index contributed by atoms with van der Waals surface area (Å²) in [6, 6.07) is 38.9. The summed E-state index contributed by atoms with van der Waals surface area (Å²) in [6.45, 7) is 4.68. The lowest BCUT2D eigenvalue weighted by Gasteiger charge is -2.40. The van der Waals surface area contributed by atoms with Crippen LogP contribution in [-0.2, 0) is 17.0 Å². The minimum absolute atomic E-state index is 0.369. The average molecular weight is 527 g/mol. The van der Waals surface area contributed by atoms with Crippen molar-refractivity contribution < 1.29 is 14.3 Å². The van der Waals surface area contributed by atoms with E-state index in [1.165, 1.54) is 10.4 Å². The lowest BCUT2D eigenvalue weighted by Crippen LogP contribution is -2.65. The van der Waals surface area contributed by atoms with E-state index in [2.05, 4.69) is 73.8 Å². The monoisotopic (exact) mass is 526 g/mol. The van der Waals surface area contributed by atoms with Crippen LogP contribution in [-0.4, -0.2) is 26.8 Å². The van der Waals surface area contributed by atoms with E-state index >= 15 is 0 Å². The first-order valence-corrected chi connectivity index (χ1v) is 18.5. The summed E-state index contributed by atoms with van der Waals surface area (Å²) in [5.74, 6) is 0.748. The number of phenolic OH excluding ortho intramolecular Hbond substituents is 2. The summed E-state index contributed by atoms with van der Waals surface area (Å²) >= 11 is 0. The summed E-state index contributed by atoms with van der Waals surface area (Å²) < 4.78 is 7.49. The fourth-order valence-electron chi connectivity index (χ4n) is 5.24. The fourth-order valence-corrected chi connectivity index (χ4v) is 14.8. The smallest absolute Gasteiger partial charge is 0.245 e. The first-order valence-electron chi connectivity index (χ1n) is 13.2. The highest BCUT2D eigenvalue weighted by molar-refractivity contribution is 7.02. The molecule has 0 fully saturated rings. The Bertz CT molecular complexity index is 1220. The molecule has 37 heavy (non-hydrogen) atoms. The molecule has 0 radical (unpaired) electrons. The van der Waals surface area contributed by atoms with E-state index < -0.39 is 16.6 Å². The number of rotatable bonds is 12. The number of aryl methyl sites for hydroxylation is 2. The average Bonchev–Trinajstić information content (AvgIpc) is 2.91. The molecule has 0 saturated carbocycles. The quantitative estimate of drug-likeness (QED) is 0.203. The van der Waals surface area contributed by atoms with Crippen LogP contribution in [0.1, 0.15) is 24.0 Å². The zero-order valence-electron chi connectivity index (χ0n) is 21.9. The number of phenols is 2. The maximum absolute atomic E-state index is 10.3. The Balaban J connectivity index is 1.61. The topological polar surface area (TPSA) is 49.7 Å². The molecule has 4 aromatic carbocycles. The minimum atomic E-state index is -2.56. The Morgan fingerprint density at radius 2 is 0.946 bits per heavy atom. The van der Waals surface area contributed by atoms with Gasteiger partial charge in [-0.25, -0.2) is 0 Å². The standard InChI is InChI=1S/C32H38O3Si2/c1-36(2,25-13-17-27-15-9-11-23-31(27)33)35-37(29-19-5-3-6-20-29,30-21-7-4-8-22-30)26-14-18-28-16-10-12-24-32(28)34/h3-12,15-16,19-24,33-34H,13-14,17-18,25-26H2,1-2H3. The summed E-state index contributed by atoms with van der Waals surface area (Å²) in [4.78, 5) is 0. The molecule has 0 aliphatic rings. The Morgan fingerprint density at radius 1 is 0.541 bits per heavy atom. The van der Waals surface area contributed by atoms with Crippen LogP contribution >= 0.6 is 0 Å². The molecule has 0 aromatic heterocycles. The number of para-hydroxylation sites is 2. The third-order valence-corrected chi connectivity index (χ3v) is 15.9. The molecule has 4 aromatic rings. The van der Waals surface area contributed by atoms with Gasteiger partial charge in [-0.1, -0.05) is 97.1 Å². The zero-order valence-corrected chi connectivity index (χ0v) is 23.9. The first-order chi connectivity index (χ1) is 17.9. The molecule has 3 nitrogen and oxygen atoms in total. The van der Waals surface area contributed by atoms with Gasteiger partial charge in [-0.2, -0.15) is 0 Å². The second kappa shape index (κ2) is 12.4. The highest BCUT2D eigenvalue weighted by Crippen LogP contribution is 2.28. The van der Waals surface area contributed by atoms with Crippen LogP contribution in [0.15, 0.2) is 109 Å². The van der Waals surface area contributed by atoms with Crippen molar-refractivity contribution in [2.75, 3.05) is 0 Å². The van der Waals surface area contributed by atoms with E-state index in [-0.39, 0.29) is 0 Å². The molecule has 192 valence electrons. The van der Waals surface area contributed by atoms with Gasteiger partial charge in [-0.15, -0.1) is 0 Å². The Kier molecular flexibility index (Phi) is 9.03. The predicted octanol–water partition coefficient (Wildman–Crippen LogP) is 6.64. The molecule has 0 atom stereocenters. The largest absolute Gasteiger partial charge is 0.508 e. The van der Waals surface area contributed by atoms with Gasteiger partial charge in [0.15, 0.2) is 8.32 Å². The van der Waals surface area contributed by atoms with Crippen LogP contribution in [0.4, 0.5) is 0 Å². The van der Waals surface area contributed by atoms with Gasteiger partial charge in [0.2, 0.25) is 8.32 Å². The predicted molar refractivity (Wildman–Crippen MR) is 159 cm³/mol. The molecular formula is C32H38O3Si2. The molecule has 0 aliphatic carbocycles. The molecule has 0 saturated heterocycles. The van der Waals surface area contributed by atoms with Gasteiger partial charge in [0, 0.05) is 0 Å². The van der Waals surface area contributed by atoms with Gasteiger partial charge < -0.3 is 14.3 Å². The molecule has 2 N–H and O–H groups in total. The molecule has 4 rings (SSSR count). The normalized spacial score (nSPS) is 11.9. The van der Waals surface area contributed by atoms with Crippen molar-refractivity contribution in [2.24, 2.45) is 0 Å². The van der Waals surface area contributed by atoms with Crippen LogP contribution in [0.3, 0.4) is 0 Å². The summed E-state index contributed by atoms with van der Waals surface area (Å²) in [5, 5.41) is 23.2. The van der Waals surface area contributed by atoms with E-state index in [0.29, 0.717) is 11.5 Å². The van der Waals surface area contributed by atoms with Gasteiger partial charge in [-0.3, -0.25) is 0 Å². The molecule has 0 bridgehead atoms. The SMILES string of the molecule is C[Si](C)(CCCc1ccccc1O)O[Si](CCCc1ccccc1O)(c1ccccc1)c1ccccc1. The minimum Gasteiger partial charge on any atom is -0.508 e. The van der Waals surface area contributed by atoms with Gasteiger partial charge >= 0.3 is 0 Å². The van der Waals surface area contributed by atoms with E-state index in [1.54, 1.807) is 12.1 Å². The number of benzene rings is 4. The first kappa shape index (κ1) is 26.9. The van der Waals surface area contributed by atoms with Crippen LogP contribution in [0.5, 0.6) is 11.5 Å². The summed E-state index contributed by atoms with van der Waals surface area (Å²) in [6.07, 6.45) is 3.60. The number of hydrogen-bond acceptors (Lipinski definition) is 3. The molecule has 0 heterocycles.